The third kappa shape index (κ3) is 4.06. The summed E-state index contributed by atoms with van der Waals surface area (Å²) in [7, 11) is 0. The first-order chi connectivity index (χ1) is 7.54. The first-order valence-corrected chi connectivity index (χ1v) is 6.99. The van der Waals surface area contributed by atoms with Crippen LogP contribution in [0.2, 0.25) is 0 Å². The molecule has 0 saturated carbocycles. The van der Waals surface area contributed by atoms with Crippen molar-refractivity contribution in [3.63, 3.8) is 0 Å². The summed E-state index contributed by atoms with van der Waals surface area (Å²) in [6.07, 6.45) is 1.28. The first-order valence-electron chi connectivity index (χ1n) is 6.99. The molecule has 0 radical (unpaired) electrons. The molecule has 1 aliphatic heterocycles. The molecular formula is C14H30N2. The Morgan fingerprint density at radius 2 is 1.62 bits per heavy atom. The van der Waals surface area contributed by atoms with E-state index in [4.69, 9.17) is 0 Å². The van der Waals surface area contributed by atoms with Crippen molar-refractivity contribution in [3.05, 3.63) is 0 Å². The Bertz CT molecular complexity index is 179. The fourth-order valence-corrected chi connectivity index (χ4v) is 3.00. The highest BCUT2D eigenvalue weighted by molar-refractivity contribution is 4.80. The fraction of sp³-hybridized carbons (Fsp3) is 1.00. The van der Waals surface area contributed by atoms with Crippen molar-refractivity contribution in [2.45, 2.75) is 47.1 Å². The molecule has 0 bridgehead atoms. The van der Waals surface area contributed by atoms with Gasteiger partial charge in [-0.1, -0.05) is 34.6 Å². The van der Waals surface area contributed by atoms with Gasteiger partial charge in [0.25, 0.3) is 0 Å². The van der Waals surface area contributed by atoms with E-state index in [0.717, 1.165) is 23.8 Å². The van der Waals surface area contributed by atoms with Gasteiger partial charge >= 0.3 is 0 Å². The zero-order valence-electron chi connectivity index (χ0n) is 11.8. The molecule has 0 aromatic carbocycles. The summed E-state index contributed by atoms with van der Waals surface area (Å²) in [5.41, 5.74) is 0. The Balaban J connectivity index is 2.64. The van der Waals surface area contributed by atoms with E-state index in [1.165, 1.54) is 32.6 Å². The molecule has 0 amide bonds. The number of hydrogen-bond acceptors (Lipinski definition) is 2. The average molecular weight is 226 g/mol. The Hall–Kier alpha value is -0.0800. The zero-order valence-corrected chi connectivity index (χ0v) is 11.8. The van der Waals surface area contributed by atoms with Crippen molar-refractivity contribution in [1.82, 2.24) is 10.2 Å². The Labute approximate surface area is 102 Å². The minimum atomic E-state index is 0.767. The lowest BCUT2D eigenvalue weighted by Gasteiger charge is -2.39. The summed E-state index contributed by atoms with van der Waals surface area (Å²) >= 11 is 0. The van der Waals surface area contributed by atoms with Crippen LogP contribution in [0.25, 0.3) is 0 Å². The van der Waals surface area contributed by atoms with Gasteiger partial charge in [-0.2, -0.15) is 0 Å². The highest BCUT2D eigenvalue weighted by Crippen LogP contribution is 2.19. The monoisotopic (exact) mass is 226 g/mol. The van der Waals surface area contributed by atoms with Crippen molar-refractivity contribution >= 4 is 0 Å². The van der Waals surface area contributed by atoms with E-state index >= 15 is 0 Å². The summed E-state index contributed by atoms with van der Waals surface area (Å²) in [5, 5.41) is 3.57. The molecule has 16 heavy (non-hydrogen) atoms. The van der Waals surface area contributed by atoms with E-state index in [-0.39, 0.29) is 0 Å². The van der Waals surface area contributed by atoms with Crippen molar-refractivity contribution < 1.29 is 0 Å². The van der Waals surface area contributed by atoms with Crippen LogP contribution in [0.4, 0.5) is 0 Å². The van der Waals surface area contributed by atoms with Crippen LogP contribution in [0.15, 0.2) is 0 Å². The van der Waals surface area contributed by atoms with Crippen LogP contribution in [0.3, 0.4) is 0 Å². The van der Waals surface area contributed by atoms with Gasteiger partial charge in [0.1, 0.15) is 0 Å². The van der Waals surface area contributed by atoms with E-state index < -0.39 is 0 Å². The molecule has 2 nitrogen and oxygen atoms in total. The maximum absolute atomic E-state index is 3.57. The molecule has 2 heteroatoms. The maximum Gasteiger partial charge on any atom is 0.0116 e. The van der Waals surface area contributed by atoms with Crippen LogP contribution in [-0.4, -0.2) is 37.1 Å². The molecule has 1 aliphatic rings. The van der Waals surface area contributed by atoms with Crippen LogP contribution >= 0.6 is 0 Å². The fourth-order valence-electron chi connectivity index (χ4n) is 3.00. The van der Waals surface area contributed by atoms with Gasteiger partial charge in [-0.05, 0) is 37.3 Å². The van der Waals surface area contributed by atoms with E-state index in [1.54, 1.807) is 0 Å². The second kappa shape index (κ2) is 6.61. The summed E-state index contributed by atoms with van der Waals surface area (Å²) in [5.74, 6) is 2.33. The molecule has 1 fully saturated rings. The molecule has 1 rings (SSSR count). The smallest absolute Gasteiger partial charge is 0.0116 e. The van der Waals surface area contributed by atoms with Crippen LogP contribution in [0, 0.1) is 17.8 Å². The van der Waals surface area contributed by atoms with E-state index in [9.17, 15) is 0 Å². The number of rotatable bonds is 3. The third-order valence-corrected chi connectivity index (χ3v) is 3.73. The molecule has 0 aromatic heterocycles. The molecule has 0 aliphatic carbocycles. The molecular weight excluding hydrogens is 196 g/mol. The van der Waals surface area contributed by atoms with Crippen molar-refractivity contribution in [3.8, 4) is 0 Å². The lowest BCUT2D eigenvalue weighted by molar-refractivity contribution is 0.102. The molecule has 1 N–H and O–H groups in total. The highest BCUT2D eigenvalue weighted by atomic mass is 15.2. The van der Waals surface area contributed by atoms with Crippen LogP contribution < -0.4 is 5.32 Å². The van der Waals surface area contributed by atoms with Crippen molar-refractivity contribution in [1.29, 1.82) is 0 Å². The van der Waals surface area contributed by atoms with Gasteiger partial charge in [0.2, 0.25) is 0 Å². The van der Waals surface area contributed by atoms with E-state index in [2.05, 4.69) is 44.8 Å². The molecule has 1 heterocycles. The second-order valence-electron chi connectivity index (χ2n) is 6.04. The summed E-state index contributed by atoms with van der Waals surface area (Å²) in [4.78, 5) is 2.74. The van der Waals surface area contributed by atoms with Gasteiger partial charge in [-0.25, -0.2) is 0 Å². The molecule has 3 atom stereocenters. The van der Waals surface area contributed by atoms with E-state index in [1.807, 2.05) is 0 Å². The van der Waals surface area contributed by atoms with Gasteiger partial charge in [-0.3, -0.25) is 4.90 Å². The van der Waals surface area contributed by atoms with Gasteiger partial charge in [0.15, 0.2) is 0 Å². The predicted molar refractivity (Wildman–Crippen MR) is 71.7 cm³/mol. The van der Waals surface area contributed by atoms with Crippen LogP contribution in [0.1, 0.15) is 41.0 Å². The third-order valence-electron chi connectivity index (χ3n) is 3.73. The topological polar surface area (TPSA) is 15.3 Å². The molecule has 0 spiro atoms. The standard InChI is InChI=1S/C14H30N2/c1-6-14(11(2)3)16-9-12(4)7-15-8-13(5)10-16/h11-15H,6-10H2,1-5H3. The van der Waals surface area contributed by atoms with Gasteiger partial charge in [0, 0.05) is 19.1 Å². The van der Waals surface area contributed by atoms with Crippen molar-refractivity contribution in [2.24, 2.45) is 17.8 Å². The summed E-state index contributed by atoms with van der Waals surface area (Å²) in [6, 6.07) is 0.767. The molecule has 3 unspecified atom stereocenters. The minimum Gasteiger partial charge on any atom is -0.316 e. The van der Waals surface area contributed by atoms with Gasteiger partial charge in [0.05, 0.1) is 0 Å². The largest absolute Gasteiger partial charge is 0.316 e. The maximum atomic E-state index is 3.57. The number of nitrogens with zero attached hydrogens (tertiary/aromatic N) is 1. The highest BCUT2D eigenvalue weighted by Gasteiger charge is 2.24. The normalized spacial score (nSPS) is 31.1. The molecule has 1 saturated heterocycles. The van der Waals surface area contributed by atoms with Gasteiger partial charge in [-0.15, -0.1) is 0 Å². The minimum absolute atomic E-state index is 0.767. The van der Waals surface area contributed by atoms with Crippen LogP contribution in [-0.2, 0) is 0 Å². The SMILES string of the molecule is CCC(C(C)C)N1CC(C)CNCC(C)C1. The zero-order chi connectivity index (χ0) is 12.1. The summed E-state index contributed by atoms with van der Waals surface area (Å²) < 4.78 is 0. The van der Waals surface area contributed by atoms with Crippen LogP contribution in [0.5, 0.6) is 0 Å². The van der Waals surface area contributed by atoms with Gasteiger partial charge < -0.3 is 5.32 Å². The molecule has 0 aromatic rings. The predicted octanol–water partition coefficient (Wildman–Crippen LogP) is 2.60. The first kappa shape index (κ1) is 14.0. The Morgan fingerprint density at radius 1 is 1.12 bits per heavy atom. The summed E-state index contributed by atoms with van der Waals surface area (Å²) in [6.45, 7) is 16.6. The Kier molecular flexibility index (Phi) is 5.77. The Morgan fingerprint density at radius 3 is 2.00 bits per heavy atom. The lowest BCUT2D eigenvalue weighted by Crippen LogP contribution is -2.48. The number of hydrogen-bond donors (Lipinski definition) is 1. The quantitative estimate of drug-likeness (QED) is 0.796. The number of nitrogens with one attached hydrogen (secondary N) is 1. The molecule has 96 valence electrons. The van der Waals surface area contributed by atoms with Crippen molar-refractivity contribution in [2.75, 3.05) is 26.2 Å². The van der Waals surface area contributed by atoms with E-state index in [0.29, 0.717) is 0 Å². The lowest BCUT2D eigenvalue weighted by atomic mass is 9.96. The average Bonchev–Trinajstić information content (AvgIpc) is 2.15. The second-order valence-corrected chi connectivity index (χ2v) is 6.04.